The smallest absolute Gasteiger partial charge is 0.326 e. The molecule has 0 N–H and O–H groups in total. The number of rotatable bonds is 7. The van der Waals surface area contributed by atoms with Crippen molar-refractivity contribution in [1.82, 2.24) is 15.0 Å². The monoisotopic (exact) mass is 357 g/mol. The Morgan fingerprint density at radius 3 is 2.73 bits per heavy atom. The first-order chi connectivity index (χ1) is 12.5. The van der Waals surface area contributed by atoms with Crippen LogP contribution in [0.3, 0.4) is 0 Å². The molecule has 1 aromatic carbocycles. The van der Waals surface area contributed by atoms with Crippen molar-refractivity contribution in [2.45, 2.75) is 19.4 Å². The molecule has 2 aromatic rings. The standard InChI is InChI=1S/C18H19N3O5/c1-20-11-16(22)21(18(20)24)9-5-8-17(23)25-12-14-10-15(26-19-14)13-6-3-2-4-7-13/h2-4,6-7,10H,5,8-9,11-12H2,1H3. The van der Waals surface area contributed by atoms with E-state index in [2.05, 4.69) is 5.16 Å². The highest BCUT2D eigenvalue weighted by molar-refractivity contribution is 6.01. The van der Waals surface area contributed by atoms with Crippen LogP contribution in [-0.4, -0.2) is 53.0 Å². The van der Waals surface area contributed by atoms with Crippen molar-refractivity contribution in [3.8, 4) is 11.3 Å². The highest BCUT2D eigenvalue weighted by Crippen LogP contribution is 2.20. The van der Waals surface area contributed by atoms with E-state index in [4.69, 9.17) is 9.26 Å². The van der Waals surface area contributed by atoms with Crippen LogP contribution in [0.2, 0.25) is 0 Å². The predicted molar refractivity (Wildman–Crippen MR) is 90.7 cm³/mol. The second-order valence-corrected chi connectivity index (χ2v) is 6.00. The van der Waals surface area contributed by atoms with Crippen molar-refractivity contribution < 1.29 is 23.6 Å². The van der Waals surface area contributed by atoms with Gasteiger partial charge in [0.25, 0.3) is 0 Å². The summed E-state index contributed by atoms with van der Waals surface area (Å²) >= 11 is 0. The normalized spacial score (nSPS) is 14.2. The number of imide groups is 1. The van der Waals surface area contributed by atoms with Crippen LogP contribution in [0, 0.1) is 0 Å². The van der Waals surface area contributed by atoms with Crippen LogP contribution in [0.4, 0.5) is 4.79 Å². The van der Waals surface area contributed by atoms with Gasteiger partial charge in [-0.2, -0.15) is 0 Å². The first-order valence-corrected chi connectivity index (χ1v) is 8.26. The minimum atomic E-state index is -0.415. The Morgan fingerprint density at radius 2 is 2.04 bits per heavy atom. The van der Waals surface area contributed by atoms with Gasteiger partial charge >= 0.3 is 12.0 Å². The molecule has 1 aliphatic heterocycles. The zero-order valence-corrected chi connectivity index (χ0v) is 14.4. The Kier molecular flexibility index (Phi) is 5.31. The molecule has 1 saturated heterocycles. The van der Waals surface area contributed by atoms with E-state index < -0.39 is 5.97 Å². The number of amides is 3. The van der Waals surface area contributed by atoms with Crippen LogP contribution in [0.1, 0.15) is 18.5 Å². The van der Waals surface area contributed by atoms with Gasteiger partial charge in [-0.05, 0) is 6.42 Å². The lowest BCUT2D eigenvalue weighted by Crippen LogP contribution is -2.32. The molecule has 1 aliphatic rings. The summed E-state index contributed by atoms with van der Waals surface area (Å²) in [5.74, 6) is -0.0598. The van der Waals surface area contributed by atoms with E-state index in [0.717, 1.165) is 10.5 Å². The van der Waals surface area contributed by atoms with Crippen molar-refractivity contribution in [3.63, 3.8) is 0 Å². The number of carbonyl (C=O) groups is 3. The number of hydrogen-bond donors (Lipinski definition) is 0. The lowest BCUT2D eigenvalue weighted by molar-refractivity contribution is -0.145. The molecule has 2 heterocycles. The van der Waals surface area contributed by atoms with E-state index >= 15 is 0 Å². The molecule has 8 nitrogen and oxygen atoms in total. The number of benzene rings is 1. The number of nitrogens with zero attached hydrogens (tertiary/aromatic N) is 3. The number of carbonyl (C=O) groups excluding carboxylic acids is 3. The van der Waals surface area contributed by atoms with Crippen molar-refractivity contribution in [2.75, 3.05) is 20.1 Å². The van der Waals surface area contributed by atoms with E-state index in [9.17, 15) is 14.4 Å². The fraction of sp³-hybridized carbons (Fsp3) is 0.333. The average Bonchev–Trinajstić information content (AvgIpc) is 3.21. The van der Waals surface area contributed by atoms with E-state index in [1.54, 1.807) is 13.1 Å². The van der Waals surface area contributed by atoms with Gasteiger partial charge in [-0.1, -0.05) is 35.5 Å². The molecule has 136 valence electrons. The van der Waals surface area contributed by atoms with Gasteiger partial charge in [0.05, 0.1) is 0 Å². The maximum Gasteiger partial charge on any atom is 0.326 e. The third-order valence-corrected chi connectivity index (χ3v) is 3.99. The lowest BCUT2D eigenvalue weighted by Gasteiger charge is -2.13. The Labute approximate surface area is 150 Å². The van der Waals surface area contributed by atoms with Gasteiger partial charge in [0, 0.05) is 31.6 Å². The summed E-state index contributed by atoms with van der Waals surface area (Å²) in [4.78, 5) is 37.7. The molecule has 0 atom stereocenters. The minimum Gasteiger partial charge on any atom is -0.459 e. The second kappa shape index (κ2) is 7.81. The highest BCUT2D eigenvalue weighted by Gasteiger charge is 2.32. The van der Waals surface area contributed by atoms with Gasteiger partial charge in [0.1, 0.15) is 18.8 Å². The topological polar surface area (TPSA) is 93.0 Å². The largest absolute Gasteiger partial charge is 0.459 e. The Hall–Kier alpha value is -3.16. The Bertz CT molecular complexity index is 802. The maximum atomic E-state index is 11.8. The van der Waals surface area contributed by atoms with Gasteiger partial charge in [0.2, 0.25) is 5.91 Å². The minimum absolute atomic E-state index is 0.0134. The quantitative estimate of drug-likeness (QED) is 0.556. The molecule has 0 spiro atoms. The van der Waals surface area contributed by atoms with Gasteiger partial charge in [-0.25, -0.2) is 4.79 Å². The molecule has 0 saturated carbocycles. The summed E-state index contributed by atoms with van der Waals surface area (Å²) in [7, 11) is 1.57. The van der Waals surface area contributed by atoms with E-state index in [-0.39, 0.29) is 38.1 Å². The number of urea groups is 1. The molecule has 1 aromatic heterocycles. The molecule has 0 bridgehead atoms. The second-order valence-electron chi connectivity index (χ2n) is 6.00. The first kappa shape index (κ1) is 17.7. The summed E-state index contributed by atoms with van der Waals surface area (Å²) in [5.41, 5.74) is 1.41. The van der Waals surface area contributed by atoms with E-state index in [0.29, 0.717) is 17.9 Å². The number of ether oxygens (including phenoxy) is 1. The summed E-state index contributed by atoms with van der Waals surface area (Å²) in [5, 5.41) is 3.88. The van der Waals surface area contributed by atoms with Crippen LogP contribution < -0.4 is 0 Å². The molecule has 26 heavy (non-hydrogen) atoms. The lowest BCUT2D eigenvalue weighted by atomic mass is 10.2. The van der Waals surface area contributed by atoms with Crippen molar-refractivity contribution in [3.05, 3.63) is 42.1 Å². The number of hydrogen-bond acceptors (Lipinski definition) is 6. The van der Waals surface area contributed by atoms with Gasteiger partial charge in [-0.3, -0.25) is 14.5 Å². The molecule has 0 unspecified atom stereocenters. The molecule has 0 aliphatic carbocycles. The molecule has 0 radical (unpaired) electrons. The zero-order chi connectivity index (χ0) is 18.5. The van der Waals surface area contributed by atoms with Crippen LogP contribution >= 0.6 is 0 Å². The summed E-state index contributed by atoms with van der Waals surface area (Å²) in [6.07, 6.45) is 0.475. The summed E-state index contributed by atoms with van der Waals surface area (Å²) in [6.45, 7) is 0.303. The third-order valence-electron chi connectivity index (χ3n) is 3.99. The molecule has 8 heteroatoms. The fourth-order valence-corrected chi connectivity index (χ4v) is 2.62. The maximum absolute atomic E-state index is 11.8. The molecule has 1 fully saturated rings. The van der Waals surface area contributed by atoms with Gasteiger partial charge < -0.3 is 14.2 Å². The van der Waals surface area contributed by atoms with E-state index in [1.165, 1.54) is 4.90 Å². The molecule has 3 rings (SSSR count). The van der Waals surface area contributed by atoms with Crippen molar-refractivity contribution >= 4 is 17.9 Å². The number of esters is 1. The zero-order valence-electron chi connectivity index (χ0n) is 14.4. The molecular formula is C18H19N3O5. The van der Waals surface area contributed by atoms with Crippen LogP contribution in [-0.2, 0) is 20.9 Å². The van der Waals surface area contributed by atoms with Crippen LogP contribution in [0.25, 0.3) is 11.3 Å². The highest BCUT2D eigenvalue weighted by atomic mass is 16.5. The van der Waals surface area contributed by atoms with Crippen LogP contribution in [0.15, 0.2) is 40.9 Å². The summed E-state index contributed by atoms with van der Waals surface area (Å²) in [6, 6.07) is 10.9. The van der Waals surface area contributed by atoms with Gasteiger partial charge in [-0.15, -0.1) is 0 Å². The van der Waals surface area contributed by atoms with Gasteiger partial charge in [0.15, 0.2) is 5.76 Å². The average molecular weight is 357 g/mol. The number of aromatic nitrogens is 1. The Morgan fingerprint density at radius 1 is 1.27 bits per heavy atom. The summed E-state index contributed by atoms with van der Waals surface area (Å²) < 4.78 is 10.4. The van der Waals surface area contributed by atoms with Crippen LogP contribution in [0.5, 0.6) is 0 Å². The predicted octanol–water partition coefficient (Wildman–Crippen LogP) is 2.06. The fourth-order valence-electron chi connectivity index (χ4n) is 2.62. The molecular weight excluding hydrogens is 338 g/mol. The van der Waals surface area contributed by atoms with E-state index in [1.807, 2.05) is 30.3 Å². The van der Waals surface area contributed by atoms with Crippen molar-refractivity contribution in [1.29, 1.82) is 0 Å². The van der Waals surface area contributed by atoms with Crippen molar-refractivity contribution in [2.24, 2.45) is 0 Å². The Balaban J connectivity index is 1.41. The number of likely N-dealkylation sites (N-methyl/N-ethyl adjacent to an activating group) is 1. The SMILES string of the molecule is CN1CC(=O)N(CCCC(=O)OCc2cc(-c3ccccc3)on2)C1=O. The third kappa shape index (κ3) is 4.08. The first-order valence-electron chi connectivity index (χ1n) is 8.26. The molecule has 3 amide bonds.